The summed E-state index contributed by atoms with van der Waals surface area (Å²) >= 11 is 3.33. The standard InChI is InChI=1S/C15H19BrN2O2/c1-10-7-11(2)9-18(8-10)15(20)14(19)17-13-5-3-12(16)4-6-13/h3-6,10-11H,7-9H2,1-2H3,(H,17,19). The average molecular weight is 339 g/mol. The Morgan fingerprint density at radius 3 is 2.25 bits per heavy atom. The maximum absolute atomic E-state index is 12.2. The van der Waals surface area contributed by atoms with Crippen LogP contribution in [0, 0.1) is 11.8 Å². The highest BCUT2D eigenvalue weighted by Crippen LogP contribution is 2.21. The summed E-state index contributed by atoms with van der Waals surface area (Å²) in [5.41, 5.74) is 0.629. The van der Waals surface area contributed by atoms with Crippen LogP contribution in [-0.4, -0.2) is 29.8 Å². The molecule has 2 atom stereocenters. The SMILES string of the molecule is CC1CC(C)CN(C(=O)C(=O)Nc2ccc(Br)cc2)C1. The first-order valence-electron chi connectivity index (χ1n) is 6.81. The van der Waals surface area contributed by atoms with Crippen LogP contribution in [0.15, 0.2) is 28.7 Å². The number of hydrogen-bond donors (Lipinski definition) is 1. The van der Waals surface area contributed by atoms with Crippen LogP contribution in [0.5, 0.6) is 0 Å². The van der Waals surface area contributed by atoms with Crippen LogP contribution in [0.25, 0.3) is 0 Å². The molecule has 1 aliphatic rings. The molecule has 108 valence electrons. The third kappa shape index (κ3) is 3.82. The second-order valence-electron chi connectivity index (χ2n) is 5.62. The van der Waals surface area contributed by atoms with E-state index in [1.54, 1.807) is 17.0 Å². The number of anilines is 1. The van der Waals surface area contributed by atoms with Gasteiger partial charge < -0.3 is 10.2 Å². The van der Waals surface area contributed by atoms with E-state index in [9.17, 15) is 9.59 Å². The number of rotatable bonds is 1. The van der Waals surface area contributed by atoms with Gasteiger partial charge in [0.1, 0.15) is 0 Å². The number of piperidine rings is 1. The molecular weight excluding hydrogens is 320 g/mol. The minimum atomic E-state index is -0.561. The Morgan fingerprint density at radius 2 is 1.70 bits per heavy atom. The van der Waals surface area contributed by atoms with E-state index in [0.717, 1.165) is 10.9 Å². The molecule has 1 N–H and O–H groups in total. The number of nitrogens with zero attached hydrogens (tertiary/aromatic N) is 1. The van der Waals surface area contributed by atoms with Crippen molar-refractivity contribution < 1.29 is 9.59 Å². The van der Waals surface area contributed by atoms with Crippen molar-refractivity contribution >= 4 is 33.4 Å². The fourth-order valence-corrected chi connectivity index (χ4v) is 2.95. The smallest absolute Gasteiger partial charge is 0.313 e. The van der Waals surface area contributed by atoms with Crippen molar-refractivity contribution in [2.24, 2.45) is 11.8 Å². The van der Waals surface area contributed by atoms with Crippen molar-refractivity contribution in [1.82, 2.24) is 4.90 Å². The summed E-state index contributed by atoms with van der Waals surface area (Å²) in [6.45, 7) is 5.55. The minimum absolute atomic E-state index is 0.439. The Balaban J connectivity index is 1.98. The molecule has 1 fully saturated rings. The van der Waals surface area contributed by atoms with Gasteiger partial charge in [-0.3, -0.25) is 9.59 Å². The quantitative estimate of drug-likeness (QED) is 0.800. The van der Waals surface area contributed by atoms with Crippen molar-refractivity contribution in [3.05, 3.63) is 28.7 Å². The third-order valence-corrected chi connectivity index (χ3v) is 3.98. The fraction of sp³-hybridized carbons (Fsp3) is 0.467. The number of likely N-dealkylation sites (tertiary alicyclic amines) is 1. The highest BCUT2D eigenvalue weighted by molar-refractivity contribution is 9.10. The van der Waals surface area contributed by atoms with Crippen molar-refractivity contribution in [2.75, 3.05) is 18.4 Å². The first kappa shape index (κ1) is 15.0. The largest absolute Gasteiger partial charge is 0.334 e. The Hall–Kier alpha value is -1.36. The van der Waals surface area contributed by atoms with Gasteiger partial charge in [-0.05, 0) is 42.5 Å². The van der Waals surface area contributed by atoms with Crippen LogP contribution in [0.4, 0.5) is 5.69 Å². The van der Waals surface area contributed by atoms with Crippen molar-refractivity contribution in [3.63, 3.8) is 0 Å². The lowest BCUT2D eigenvalue weighted by Crippen LogP contribution is -2.47. The van der Waals surface area contributed by atoms with Gasteiger partial charge in [-0.15, -0.1) is 0 Å². The van der Waals surface area contributed by atoms with Crippen molar-refractivity contribution in [1.29, 1.82) is 0 Å². The molecule has 1 aromatic rings. The lowest BCUT2D eigenvalue weighted by molar-refractivity contribution is -0.144. The van der Waals surface area contributed by atoms with Gasteiger partial charge in [0.15, 0.2) is 0 Å². The number of benzene rings is 1. The Morgan fingerprint density at radius 1 is 1.15 bits per heavy atom. The summed E-state index contributed by atoms with van der Waals surface area (Å²) in [4.78, 5) is 25.8. The number of nitrogens with one attached hydrogen (secondary N) is 1. The number of halogens is 1. The monoisotopic (exact) mass is 338 g/mol. The van der Waals surface area contributed by atoms with Crippen molar-refractivity contribution in [3.8, 4) is 0 Å². The molecule has 1 aromatic carbocycles. The molecule has 1 saturated heterocycles. The van der Waals surface area contributed by atoms with E-state index in [1.807, 2.05) is 12.1 Å². The zero-order valence-corrected chi connectivity index (χ0v) is 13.3. The zero-order valence-electron chi connectivity index (χ0n) is 11.7. The van der Waals surface area contributed by atoms with Gasteiger partial charge in [-0.1, -0.05) is 29.8 Å². The first-order chi connectivity index (χ1) is 9.45. The van der Waals surface area contributed by atoms with Crippen LogP contribution in [-0.2, 0) is 9.59 Å². The highest BCUT2D eigenvalue weighted by Gasteiger charge is 2.29. The normalized spacial score (nSPS) is 22.4. The Bertz CT molecular complexity index is 491. The van der Waals surface area contributed by atoms with Gasteiger partial charge in [0.25, 0.3) is 0 Å². The molecule has 1 aliphatic heterocycles. The van der Waals surface area contributed by atoms with Crippen LogP contribution in [0.2, 0.25) is 0 Å². The van der Waals surface area contributed by atoms with Gasteiger partial charge in [0.05, 0.1) is 0 Å². The van der Waals surface area contributed by atoms with Crippen LogP contribution in [0.3, 0.4) is 0 Å². The van der Waals surface area contributed by atoms with Crippen molar-refractivity contribution in [2.45, 2.75) is 20.3 Å². The second kappa shape index (κ2) is 6.39. The van der Waals surface area contributed by atoms with E-state index in [-0.39, 0.29) is 0 Å². The summed E-state index contributed by atoms with van der Waals surface area (Å²) in [6, 6.07) is 7.17. The summed E-state index contributed by atoms with van der Waals surface area (Å²) < 4.78 is 0.931. The van der Waals surface area contributed by atoms with E-state index in [2.05, 4.69) is 35.1 Å². The maximum Gasteiger partial charge on any atom is 0.313 e. The molecular formula is C15H19BrN2O2. The minimum Gasteiger partial charge on any atom is -0.334 e. The predicted molar refractivity (Wildman–Crippen MR) is 82.3 cm³/mol. The van der Waals surface area contributed by atoms with Gasteiger partial charge in [-0.25, -0.2) is 0 Å². The second-order valence-corrected chi connectivity index (χ2v) is 6.53. The lowest BCUT2D eigenvalue weighted by Gasteiger charge is -2.34. The average Bonchev–Trinajstić information content (AvgIpc) is 2.39. The molecule has 5 heteroatoms. The van der Waals surface area contributed by atoms with E-state index in [0.29, 0.717) is 30.6 Å². The van der Waals surface area contributed by atoms with Gasteiger partial charge in [0.2, 0.25) is 0 Å². The van der Waals surface area contributed by atoms with Gasteiger partial charge in [-0.2, -0.15) is 0 Å². The van der Waals surface area contributed by atoms with Crippen LogP contribution in [0.1, 0.15) is 20.3 Å². The van der Waals surface area contributed by atoms with E-state index in [1.165, 1.54) is 0 Å². The van der Waals surface area contributed by atoms with E-state index in [4.69, 9.17) is 0 Å². The summed E-state index contributed by atoms with van der Waals surface area (Å²) in [5.74, 6) is -0.105. The molecule has 0 radical (unpaired) electrons. The topological polar surface area (TPSA) is 49.4 Å². The number of hydrogen-bond acceptors (Lipinski definition) is 2. The third-order valence-electron chi connectivity index (χ3n) is 3.45. The highest BCUT2D eigenvalue weighted by atomic mass is 79.9. The molecule has 0 aromatic heterocycles. The molecule has 20 heavy (non-hydrogen) atoms. The molecule has 1 heterocycles. The summed E-state index contributed by atoms with van der Waals surface area (Å²) in [5, 5.41) is 2.64. The first-order valence-corrected chi connectivity index (χ1v) is 7.61. The van der Waals surface area contributed by atoms with Gasteiger partial charge in [0, 0.05) is 23.2 Å². The molecule has 2 rings (SSSR count). The van der Waals surface area contributed by atoms with E-state index < -0.39 is 11.8 Å². The molecule has 0 spiro atoms. The molecule has 0 bridgehead atoms. The molecule has 2 amide bonds. The van der Waals surface area contributed by atoms with E-state index >= 15 is 0 Å². The number of carbonyl (C=O) groups excluding carboxylic acids is 2. The summed E-state index contributed by atoms with van der Waals surface area (Å²) in [6.07, 6.45) is 1.11. The zero-order chi connectivity index (χ0) is 14.7. The molecule has 0 aliphatic carbocycles. The number of carbonyl (C=O) groups is 2. The van der Waals surface area contributed by atoms with Crippen LogP contribution >= 0.6 is 15.9 Å². The maximum atomic E-state index is 12.2. The lowest BCUT2D eigenvalue weighted by atomic mass is 9.92. The Labute approximate surface area is 127 Å². The summed E-state index contributed by atoms with van der Waals surface area (Å²) in [7, 11) is 0. The Kier molecular flexibility index (Phi) is 4.81. The predicted octanol–water partition coefficient (Wildman–Crippen LogP) is 2.89. The fourth-order valence-electron chi connectivity index (χ4n) is 2.69. The molecule has 0 saturated carbocycles. The molecule has 2 unspecified atom stereocenters. The van der Waals surface area contributed by atoms with Gasteiger partial charge >= 0.3 is 11.8 Å². The number of amides is 2. The van der Waals surface area contributed by atoms with Crippen LogP contribution < -0.4 is 5.32 Å². The molecule has 4 nitrogen and oxygen atoms in total.